The van der Waals surface area contributed by atoms with Gasteiger partial charge in [-0.25, -0.2) is 4.79 Å². The second-order valence-electron chi connectivity index (χ2n) is 5.24. The number of nitrogens with two attached hydrogens (primary N) is 1. The fraction of sp³-hybridized carbons (Fsp3) is 0.333. The highest BCUT2D eigenvalue weighted by Gasteiger charge is 2.14. The summed E-state index contributed by atoms with van der Waals surface area (Å²) in [4.78, 5) is 11.4. The number of hydrogen-bond donors (Lipinski definition) is 2. The normalized spacial score (nSPS) is 11.1. The lowest BCUT2D eigenvalue weighted by Gasteiger charge is -2.19. The first-order valence-electron chi connectivity index (χ1n) is 6.25. The number of nitriles is 1. The molecule has 1 rings (SSSR count). The number of amides is 1. The average molecular weight is 273 g/mol. The number of hydrogen-bond acceptors (Lipinski definition) is 4. The number of carbonyl (C=O) groups is 1. The minimum atomic E-state index is -0.515. The van der Waals surface area contributed by atoms with Crippen LogP contribution in [0, 0.1) is 11.3 Å². The van der Waals surface area contributed by atoms with Crippen molar-refractivity contribution in [2.45, 2.75) is 26.4 Å². The number of benzene rings is 1. The summed E-state index contributed by atoms with van der Waals surface area (Å²) in [6.07, 6.45) is 3.03. The summed E-state index contributed by atoms with van der Waals surface area (Å²) in [6.45, 7) is 5.73. The van der Waals surface area contributed by atoms with Crippen molar-refractivity contribution in [3.63, 3.8) is 0 Å². The molecule has 0 atom stereocenters. The molecule has 0 aliphatic carbocycles. The maximum absolute atomic E-state index is 11.4. The number of nitrogens with zero attached hydrogens (tertiary/aromatic N) is 1. The molecule has 1 amide bonds. The monoisotopic (exact) mass is 273 g/mol. The van der Waals surface area contributed by atoms with E-state index in [1.807, 2.05) is 6.07 Å². The van der Waals surface area contributed by atoms with Crippen LogP contribution < -0.4 is 11.1 Å². The SMILES string of the molecule is CC(C)(C)OC(=O)NCC=Cc1cc(C#N)ccc1N. The van der Waals surface area contributed by atoms with Crippen molar-refractivity contribution in [3.8, 4) is 6.07 Å². The minimum Gasteiger partial charge on any atom is -0.444 e. The topological polar surface area (TPSA) is 88.1 Å². The summed E-state index contributed by atoms with van der Waals surface area (Å²) in [5.74, 6) is 0. The van der Waals surface area contributed by atoms with Gasteiger partial charge in [-0.05, 0) is 44.5 Å². The van der Waals surface area contributed by atoms with Gasteiger partial charge in [0.15, 0.2) is 0 Å². The summed E-state index contributed by atoms with van der Waals surface area (Å²) in [6, 6.07) is 7.08. The molecule has 5 heteroatoms. The molecule has 0 radical (unpaired) electrons. The number of rotatable bonds is 3. The molecule has 0 aromatic heterocycles. The molecule has 0 aliphatic rings. The van der Waals surface area contributed by atoms with E-state index in [4.69, 9.17) is 15.7 Å². The molecule has 0 bridgehead atoms. The standard InChI is InChI=1S/C15H19N3O2/c1-15(2,3)20-14(19)18-8-4-5-12-9-11(10-16)6-7-13(12)17/h4-7,9H,8,17H2,1-3H3,(H,18,19). The Labute approximate surface area is 119 Å². The molecular weight excluding hydrogens is 254 g/mol. The predicted molar refractivity (Wildman–Crippen MR) is 78.8 cm³/mol. The highest BCUT2D eigenvalue weighted by atomic mass is 16.6. The van der Waals surface area contributed by atoms with Gasteiger partial charge < -0.3 is 15.8 Å². The van der Waals surface area contributed by atoms with E-state index in [2.05, 4.69) is 5.32 Å². The largest absolute Gasteiger partial charge is 0.444 e. The summed E-state index contributed by atoms with van der Waals surface area (Å²) in [5, 5.41) is 11.4. The molecule has 5 nitrogen and oxygen atoms in total. The van der Waals surface area contributed by atoms with Gasteiger partial charge in [0.2, 0.25) is 0 Å². The van der Waals surface area contributed by atoms with E-state index in [1.165, 1.54) is 0 Å². The minimum absolute atomic E-state index is 0.325. The lowest BCUT2D eigenvalue weighted by Crippen LogP contribution is -2.32. The van der Waals surface area contributed by atoms with Gasteiger partial charge in [0.05, 0.1) is 11.6 Å². The summed E-state index contributed by atoms with van der Waals surface area (Å²) < 4.78 is 5.10. The van der Waals surface area contributed by atoms with E-state index >= 15 is 0 Å². The van der Waals surface area contributed by atoms with Crippen molar-refractivity contribution in [2.24, 2.45) is 0 Å². The Kier molecular flexibility index (Phi) is 5.15. The number of anilines is 1. The summed E-state index contributed by atoms with van der Waals surface area (Å²) in [5.41, 5.74) is 7.15. The van der Waals surface area contributed by atoms with Gasteiger partial charge in [0, 0.05) is 12.2 Å². The van der Waals surface area contributed by atoms with Gasteiger partial charge >= 0.3 is 6.09 Å². The van der Waals surface area contributed by atoms with E-state index in [0.29, 0.717) is 17.8 Å². The summed E-state index contributed by atoms with van der Waals surface area (Å²) >= 11 is 0. The molecule has 0 saturated carbocycles. The highest BCUT2D eigenvalue weighted by molar-refractivity contribution is 5.69. The quantitative estimate of drug-likeness (QED) is 0.829. The summed E-state index contributed by atoms with van der Waals surface area (Å²) in [7, 11) is 0. The van der Waals surface area contributed by atoms with Gasteiger partial charge in [0.1, 0.15) is 5.60 Å². The maximum atomic E-state index is 11.4. The Morgan fingerprint density at radius 2 is 2.20 bits per heavy atom. The first-order chi connectivity index (χ1) is 9.31. The van der Waals surface area contributed by atoms with E-state index in [1.54, 1.807) is 51.1 Å². The van der Waals surface area contributed by atoms with Gasteiger partial charge in [-0.3, -0.25) is 0 Å². The van der Waals surface area contributed by atoms with Crippen molar-refractivity contribution in [1.29, 1.82) is 5.26 Å². The first kappa shape index (κ1) is 15.6. The molecule has 3 N–H and O–H groups in total. The van der Waals surface area contributed by atoms with Crippen molar-refractivity contribution < 1.29 is 9.53 Å². The van der Waals surface area contributed by atoms with Crippen LogP contribution in [0.3, 0.4) is 0 Å². The number of alkyl carbamates (subject to hydrolysis) is 1. The zero-order chi connectivity index (χ0) is 15.2. The van der Waals surface area contributed by atoms with Crippen LogP contribution in [0.5, 0.6) is 0 Å². The van der Waals surface area contributed by atoms with Crippen LogP contribution in [0.2, 0.25) is 0 Å². The van der Waals surface area contributed by atoms with E-state index in [0.717, 1.165) is 5.56 Å². The van der Waals surface area contributed by atoms with Crippen molar-refractivity contribution >= 4 is 17.9 Å². The van der Waals surface area contributed by atoms with Crippen molar-refractivity contribution in [1.82, 2.24) is 5.32 Å². The Morgan fingerprint density at radius 1 is 1.50 bits per heavy atom. The molecule has 20 heavy (non-hydrogen) atoms. The number of nitrogens with one attached hydrogen (secondary N) is 1. The molecule has 0 aliphatic heterocycles. The molecule has 0 saturated heterocycles. The van der Waals surface area contributed by atoms with Crippen LogP contribution in [-0.2, 0) is 4.74 Å². The maximum Gasteiger partial charge on any atom is 0.407 e. The molecular formula is C15H19N3O2. The lowest BCUT2D eigenvalue weighted by atomic mass is 10.1. The molecule has 0 spiro atoms. The Balaban J connectivity index is 2.54. The van der Waals surface area contributed by atoms with E-state index < -0.39 is 11.7 Å². The molecule has 1 aromatic carbocycles. The number of ether oxygens (including phenoxy) is 1. The third kappa shape index (κ3) is 5.44. The number of nitrogen functional groups attached to an aromatic ring is 1. The van der Waals surface area contributed by atoms with E-state index in [-0.39, 0.29) is 0 Å². The zero-order valence-corrected chi connectivity index (χ0v) is 11.9. The second-order valence-corrected chi connectivity index (χ2v) is 5.24. The van der Waals surface area contributed by atoms with Gasteiger partial charge in [-0.15, -0.1) is 0 Å². The van der Waals surface area contributed by atoms with Gasteiger partial charge in [-0.1, -0.05) is 12.2 Å². The lowest BCUT2D eigenvalue weighted by molar-refractivity contribution is 0.0534. The zero-order valence-electron chi connectivity index (χ0n) is 11.9. The molecule has 106 valence electrons. The van der Waals surface area contributed by atoms with Crippen LogP contribution in [0.1, 0.15) is 31.9 Å². The fourth-order valence-electron chi connectivity index (χ4n) is 1.43. The molecule has 1 aromatic rings. The second kappa shape index (κ2) is 6.62. The highest BCUT2D eigenvalue weighted by Crippen LogP contribution is 2.15. The Hall–Kier alpha value is -2.48. The Bertz CT molecular complexity index is 551. The molecule has 0 fully saturated rings. The van der Waals surface area contributed by atoms with Crippen molar-refractivity contribution in [2.75, 3.05) is 12.3 Å². The Morgan fingerprint density at radius 3 is 2.80 bits per heavy atom. The van der Waals surface area contributed by atoms with Gasteiger partial charge in [-0.2, -0.15) is 5.26 Å². The van der Waals surface area contributed by atoms with E-state index in [9.17, 15) is 4.79 Å². The smallest absolute Gasteiger partial charge is 0.407 e. The average Bonchev–Trinajstić information content (AvgIpc) is 2.34. The number of carbonyl (C=O) groups excluding carboxylic acids is 1. The van der Waals surface area contributed by atoms with Crippen LogP contribution in [0.15, 0.2) is 24.3 Å². The predicted octanol–water partition coefficient (Wildman–Crippen LogP) is 2.68. The first-order valence-corrected chi connectivity index (χ1v) is 6.25. The van der Waals surface area contributed by atoms with Crippen LogP contribution in [0.25, 0.3) is 6.08 Å². The molecule has 0 heterocycles. The van der Waals surface area contributed by atoms with Crippen LogP contribution in [-0.4, -0.2) is 18.2 Å². The van der Waals surface area contributed by atoms with Gasteiger partial charge in [0.25, 0.3) is 0 Å². The van der Waals surface area contributed by atoms with Crippen LogP contribution >= 0.6 is 0 Å². The van der Waals surface area contributed by atoms with Crippen molar-refractivity contribution in [3.05, 3.63) is 35.4 Å². The molecule has 0 unspecified atom stereocenters. The van der Waals surface area contributed by atoms with Crippen LogP contribution in [0.4, 0.5) is 10.5 Å². The fourth-order valence-corrected chi connectivity index (χ4v) is 1.43. The third-order valence-electron chi connectivity index (χ3n) is 2.28. The third-order valence-corrected chi connectivity index (χ3v) is 2.28.